The van der Waals surface area contributed by atoms with Crippen LogP contribution in [0, 0.1) is 18.8 Å². The highest BCUT2D eigenvalue weighted by molar-refractivity contribution is 5.98. The zero-order chi connectivity index (χ0) is 45.3. The number of hydrogen-bond acceptors (Lipinski definition) is 10. The molecule has 5 amide bonds. The summed E-state index contributed by atoms with van der Waals surface area (Å²) in [5.74, 6) is -0.294. The van der Waals surface area contributed by atoms with Crippen molar-refractivity contribution in [2.24, 2.45) is 11.8 Å². The number of H-pyrrole nitrogens is 1. The van der Waals surface area contributed by atoms with Gasteiger partial charge in [-0.3, -0.25) is 14.4 Å². The predicted molar refractivity (Wildman–Crippen MR) is 238 cm³/mol. The summed E-state index contributed by atoms with van der Waals surface area (Å²) >= 11 is 0. The van der Waals surface area contributed by atoms with Gasteiger partial charge in [0.2, 0.25) is 17.6 Å². The van der Waals surface area contributed by atoms with E-state index < -0.39 is 23.3 Å². The van der Waals surface area contributed by atoms with Crippen LogP contribution in [0.25, 0.3) is 22.5 Å². The van der Waals surface area contributed by atoms with E-state index in [0.717, 1.165) is 40.7 Å². The Balaban J connectivity index is 1.07. The molecule has 63 heavy (non-hydrogen) atoms. The molecular formula is C47H61N9O7. The maximum atomic E-state index is 13.9. The van der Waals surface area contributed by atoms with Crippen molar-refractivity contribution in [3.63, 3.8) is 0 Å². The van der Waals surface area contributed by atoms with Gasteiger partial charge >= 0.3 is 12.2 Å². The summed E-state index contributed by atoms with van der Waals surface area (Å²) in [5.41, 5.74) is 4.40. The Morgan fingerprint density at radius 3 is 2.06 bits per heavy atom. The molecule has 6 rings (SSSR count). The standard InChI is InChI=1S/C47H61N9O7/c1-29-26-35(42(58)49-37-22-24-56(25-23-37)45(61)63-47(5,6)7)18-21-38(29)32-12-8-30(9-13-32)27-39(43(59)50-36-19-16-33(17-20-36)40-52-54-55-53-40)51-41(57)34-14-10-31(11-15-34)28-48-44(60)62-46(2,3)4/h8-9,12-13,16-21,26,31,34,37,39H,10-11,14-15,22-25,27-28H2,1-7H3,(H,48,60)(H,49,58)(H,50,59)(H,51,57)(H,52,53,54,55). The minimum absolute atomic E-state index is 0.0440. The molecule has 0 radical (unpaired) electrons. The Bertz CT molecular complexity index is 2200. The number of aryl methyl sites for hydroxylation is 1. The van der Waals surface area contributed by atoms with E-state index in [1.807, 2.05) is 90.9 Å². The van der Waals surface area contributed by atoms with Gasteiger partial charge < -0.3 is 35.6 Å². The van der Waals surface area contributed by atoms with Crippen molar-refractivity contribution < 1.29 is 33.4 Å². The summed E-state index contributed by atoms with van der Waals surface area (Å²) in [5, 5.41) is 26.1. The number of ether oxygens (including phenoxy) is 2. The van der Waals surface area contributed by atoms with Crippen LogP contribution in [-0.2, 0) is 25.5 Å². The number of likely N-dealkylation sites (tertiary alicyclic amines) is 1. The lowest BCUT2D eigenvalue weighted by atomic mass is 9.81. The molecule has 1 saturated heterocycles. The second-order valence-corrected chi connectivity index (χ2v) is 18.6. The number of alkyl carbamates (subject to hydrolysis) is 1. The minimum Gasteiger partial charge on any atom is -0.444 e. The molecule has 1 aromatic heterocycles. The fourth-order valence-corrected chi connectivity index (χ4v) is 7.87. The highest BCUT2D eigenvalue weighted by Crippen LogP contribution is 2.30. The zero-order valence-corrected chi connectivity index (χ0v) is 37.4. The minimum atomic E-state index is -0.865. The fourth-order valence-electron chi connectivity index (χ4n) is 7.87. The highest BCUT2D eigenvalue weighted by atomic mass is 16.6. The van der Waals surface area contributed by atoms with E-state index in [4.69, 9.17) is 9.47 Å². The molecule has 2 fully saturated rings. The molecule has 2 heterocycles. The van der Waals surface area contributed by atoms with E-state index in [1.54, 1.807) is 29.2 Å². The van der Waals surface area contributed by atoms with Crippen LogP contribution in [0.1, 0.15) is 102 Å². The number of piperidine rings is 1. The molecule has 0 spiro atoms. The quantitative estimate of drug-likeness (QED) is 0.0988. The monoisotopic (exact) mass is 863 g/mol. The van der Waals surface area contributed by atoms with Crippen molar-refractivity contribution in [2.75, 3.05) is 25.0 Å². The maximum absolute atomic E-state index is 13.9. The Labute approximate surface area is 369 Å². The SMILES string of the molecule is Cc1cc(C(=O)NC2CCN(C(=O)OC(C)(C)C)CC2)ccc1-c1ccc(CC(NC(=O)C2CCC(CNC(=O)OC(C)(C)C)CC2)C(=O)Nc2ccc(-c3nn[nH]n3)cc2)cc1. The van der Waals surface area contributed by atoms with Crippen LogP contribution >= 0.6 is 0 Å². The summed E-state index contributed by atoms with van der Waals surface area (Å²) in [6.07, 6.45) is 3.58. The molecule has 5 N–H and O–H groups in total. The third-order valence-corrected chi connectivity index (χ3v) is 11.2. The van der Waals surface area contributed by atoms with Crippen LogP contribution < -0.4 is 21.3 Å². The largest absolute Gasteiger partial charge is 0.444 e. The van der Waals surface area contributed by atoms with Crippen molar-refractivity contribution in [3.8, 4) is 22.5 Å². The molecule has 16 nitrogen and oxygen atoms in total. The highest BCUT2D eigenvalue weighted by Gasteiger charge is 2.31. The summed E-state index contributed by atoms with van der Waals surface area (Å²) < 4.78 is 10.9. The molecule has 16 heteroatoms. The summed E-state index contributed by atoms with van der Waals surface area (Å²) in [6.45, 7) is 14.5. The van der Waals surface area contributed by atoms with E-state index in [1.165, 1.54) is 0 Å². The van der Waals surface area contributed by atoms with Gasteiger partial charge in [0.1, 0.15) is 17.2 Å². The molecule has 4 aromatic rings. The van der Waals surface area contributed by atoms with Gasteiger partial charge in [0.05, 0.1) is 0 Å². The van der Waals surface area contributed by atoms with E-state index in [9.17, 15) is 24.0 Å². The first-order valence-electron chi connectivity index (χ1n) is 21.8. The first-order chi connectivity index (χ1) is 29.9. The fraction of sp³-hybridized carbons (Fsp3) is 0.489. The zero-order valence-electron chi connectivity index (χ0n) is 37.4. The van der Waals surface area contributed by atoms with Gasteiger partial charge in [-0.15, -0.1) is 10.2 Å². The van der Waals surface area contributed by atoms with Gasteiger partial charge in [0.15, 0.2) is 0 Å². The van der Waals surface area contributed by atoms with Crippen molar-refractivity contribution in [3.05, 3.63) is 83.4 Å². The summed E-state index contributed by atoms with van der Waals surface area (Å²) in [4.78, 5) is 67.3. The van der Waals surface area contributed by atoms with Crippen molar-refractivity contribution >= 4 is 35.6 Å². The Hall–Kier alpha value is -6.32. The smallest absolute Gasteiger partial charge is 0.410 e. The topological polar surface area (TPSA) is 210 Å². The molecule has 336 valence electrons. The Kier molecular flexibility index (Phi) is 14.8. The van der Waals surface area contributed by atoms with Crippen LogP contribution in [0.5, 0.6) is 0 Å². The first-order valence-corrected chi connectivity index (χ1v) is 21.8. The maximum Gasteiger partial charge on any atom is 0.410 e. The molecule has 3 aromatic carbocycles. The summed E-state index contributed by atoms with van der Waals surface area (Å²) in [6, 6.07) is 19.7. The van der Waals surface area contributed by atoms with Gasteiger partial charge in [-0.2, -0.15) is 5.21 Å². The average Bonchev–Trinajstić information content (AvgIpc) is 3.78. The van der Waals surface area contributed by atoms with Gasteiger partial charge in [0, 0.05) is 54.8 Å². The molecule has 1 atom stereocenters. The van der Waals surface area contributed by atoms with E-state index in [0.29, 0.717) is 62.4 Å². The van der Waals surface area contributed by atoms with Crippen molar-refractivity contribution in [2.45, 2.75) is 117 Å². The molecule has 1 aliphatic heterocycles. The number of benzene rings is 3. The Morgan fingerprint density at radius 1 is 0.810 bits per heavy atom. The van der Waals surface area contributed by atoms with Crippen LogP contribution in [0.2, 0.25) is 0 Å². The van der Waals surface area contributed by atoms with Crippen molar-refractivity contribution in [1.29, 1.82) is 0 Å². The van der Waals surface area contributed by atoms with E-state index >= 15 is 0 Å². The molecular weight excluding hydrogens is 803 g/mol. The number of carbonyl (C=O) groups excluding carboxylic acids is 5. The molecule has 1 unspecified atom stereocenters. The number of carbonyl (C=O) groups is 5. The van der Waals surface area contributed by atoms with Gasteiger partial charge in [-0.25, -0.2) is 9.59 Å². The second-order valence-electron chi connectivity index (χ2n) is 18.6. The van der Waals surface area contributed by atoms with Crippen LogP contribution in [0.3, 0.4) is 0 Å². The van der Waals surface area contributed by atoms with Crippen LogP contribution in [-0.4, -0.2) is 98.4 Å². The molecule has 1 saturated carbocycles. The van der Waals surface area contributed by atoms with Crippen molar-refractivity contribution in [1.82, 2.24) is 41.5 Å². The lowest BCUT2D eigenvalue weighted by Gasteiger charge is -2.33. The van der Waals surface area contributed by atoms with Gasteiger partial charge in [-0.05, 0) is 157 Å². The number of aromatic nitrogens is 4. The number of amides is 5. The molecule has 1 aliphatic carbocycles. The lowest BCUT2D eigenvalue weighted by Crippen LogP contribution is -2.48. The number of nitrogens with zero attached hydrogens (tertiary/aromatic N) is 4. The van der Waals surface area contributed by atoms with Gasteiger partial charge in [0.25, 0.3) is 5.91 Å². The number of anilines is 1. The first kappa shape index (κ1) is 46.2. The Morgan fingerprint density at radius 2 is 1.46 bits per heavy atom. The normalized spacial score (nSPS) is 17.5. The third kappa shape index (κ3) is 13.6. The lowest BCUT2D eigenvalue weighted by molar-refractivity contribution is -0.130. The average molecular weight is 864 g/mol. The number of rotatable bonds is 12. The second kappa shape index (κ2) is 20.2. The van der Waals surface area contributed by atoms with E-state index in [-0.39, 0.29) is 48.1 Å². The van der Waals surface area contributed by atoms with E-state index in [2.05, 4.69) is 41.9 Å². The number of tetrazole rings is 1. The summed E-state index contributed by atoms with van der Waals surface area (Å²) in [7, 11) is 0. The number of hydrogen-bond donors (Lipinski definition) is 5. The predicted octanol–water partition coefficient (Wildman–Crippen LogP) is 6.97. The third-order valence-electron chi connectivity index (χ3n) is 11.2. The molecule has 2 aliphatic rings. The molecule has 0 bridgehead atoms. The van der Waals surface area contributed by atoms with Crippen LogP contribution in [0.15, 0.2) is 66.7 Å². The van der Waals surface area contributed by atoms with Crippen LogP contribution in [0.4, 0.5) is 15.3 Å². The number of aromatic amines is 1. The number of nitrogens with one attached hydrogen (secondary N) is 5. The van der Waals surface area contributed by atoms with Gasteiger partial charge in [-0.1, -0.05) is 30.3 Å².